The summed E-state index contributed by atoms with van der Waals surface area (Å²) < 4.78 is 30.1. The van der Waals surface area contributed by atoms with E-state index in [1.807, 2.05) is 13.8 Å². The summed E-state index contributed by atoms with van der Waals surface area (Å²) in [4.78, 5) is 42.9. The van der Waals surface area contributed by atoms with Crippen LogP contribution in [0, 0.1) is 0 Å². The van der Waals surface area contributed by atoms with E-state index >= 15 is 0 Å². The lowest BCUT2D eigenvalue weighted by molar-refractivity contribution is -0.335. The highest BCUT2D eigenvalue weighted by molar-refractivity contribution is 7.43. The highest BCUT2D eigenvalue weighted by Crippen LogP contribution is 2.40. The third-order valence-corrected chi connectivity index (χ3v) is 5.29. The molecule has 0 aromatic heterocycles. The van der Waals surface area contributed by atoms with Crippen LogP contribution in [0.25, 0.3) is 0 Å². The van der Waals surface area contributed by atoms with E-state index in [1.54, 1.807) is 24.3 Å². The van der Waals surface area contributed by atoms with Crippen molar-refractivity contribution in [1.29, 1.82) is 0 Å². The Kier molecular flexibility index (Phi) is 7.46. The highest BCUT2D eigenvalue weighted by atomic mass is 31.2. The van der Waals surface area contributed by atoms with E-state index in [9.17, 15) is 28.7 Å². The number of hydrogen-bond donors (Lipinski definition) is 0. The van der Waals surface area contributed by atoms with Crippen LogP contribution in [0.1, 0.15) is 49.7 Å². The zero-order valence-corrected chi connectivity index (χ0v) is 17.1. The lowest BCUT2D eigenvalue weighted by atomic mass is 9.78. The molecule has 0 spiro atoms. The molecule has 2 rings (SSSR count). The molecule has 0 fully saturated rings. The maximum atomic E-state index is 10.7. The monoisotopic (exact) mass is 426 g/mol. The number of phosphoric acid groups is 2. The quantitative estimate of drug-likeness (QED) is 0.552. The maximum Gasteiger partial charge on any atom is 0.124 e. The van der Waals surface area contributed by atoms with Gasteiger partial charge in [-0.05, 0) is 60.1 Å². The first-order valence-corrected chi connectivity index (χ1v) is 11.6. The summed E-state index contributed by atoms with van der Waals surface area (Å²) in [5.74, 6) is 0.0896. The van der Waals surface area contributed by atoms with Gasteiger partial charge >= 0.3 is 0 Å². The van der Waals surface area contributed by atoms with E-state index in [1.165, 1.54) is 24.3 Å². The van der Waals surface area contributed by atoms with Gasteiger partial charge in [0, 0.05) is 0 Å². The number of rotatable bonds is 9. The van der Waals surface area contributed by atoms with E-state index in [2.05, 4.69) is 9.05 Å². The Morgan fingerprint density at radius 2 is 0.964 bits per heavy atom. The molecule has 0 radical (unpaired) electrons. The predicted molar refractivity (Wildman–Crippen MR) is 95.4 cm³/mol. The van der Waals surface area contributed by atoms with Gasteiger partial charge in [0.2, 0.25) is 0 Å². The second-order valence-electron chi connectivity index (χ2n) is 6.24. The van der Waals surface area contributed by atoms with Gasteiger partial charge in [0.1, 0.15) is 27.1 Å². The van der Waals surface area contributed by atoms with E-state index in [0.29, 0.717) is 0 Å². The van der Waals surface area contributed by atoms with E-state index < -0.39 is 15.6 Å². The van der Waals surface area contributed by atoms with E-state index in [-0.39, 0.29) is 23.3 Å². The third-order valence-electron chi connectivity index (χ3n) is 4.42. The minimum Gasteiger partial charge on any atom is -0.780 e. The molecule has 8 nitrogen and oxygen atoms in total. The minimum atomic E-state index is -5.10. The second-order valence-corrected chi connectivity index (χ2v) is 8.40. The van der Waals surface area contributed by atoms with Crippen LogP contribution in [0.4, 0.5) is 0 Å². The van der Waals surface area contributed by atoms with Crippen LogP contribution >= 0.6 is 15.6 Å². The third kappa shape index (κ3) is 6.74. The van der Waals surface area contributed by atoms with Gasteiger partial charge < -0.3 is 37.8 Å². The lowest BCUT2D eigenvalue weighted by Gasteiger charge is -2.30. The first-order chi connectivity index (χ1) is 13.0. The van der Waals surface area contributed by atoms with Crippen molar-refractivity contribution in [2.24, 2.45) is 0 Å². The Morgan fingerprint density at radius 1 is 0.679 bits per heavy atom. The normalized spacial score (nSPS) is 14.4. The summed E-state index contributed by atoms with van der Waals surface area (Å²) >= 11 is 0. The summed E-state index contributed by atoms with van der Waals surface area (Å²) in [5.41, 5.74) is 1.88. The Morgan fingerprint density at radius 3 is 1.18 bits per heavy atom. The number of hydrogen-bond acceptors (Lipinski definition) is 8. The molecule has 154 valence electrons. The largest absolute Gasteiger partial charge is 0.780 e. The van der Waals surface area contributed by atoms with Crippen molar-refractivity contribution in [1.82, 2.24) is 0 Å². The van der Waals surface area contributed by atoms with Crippen molar-refractivity contribution in [3.05, 3.63) is 59.7 Å². The second kappa shape index (κ2) is 9.23. The van der Waals surface area contributed by atoms with Crippen molar-refractivity contribution in [3.63, 3.8) is 0 Å². The fourth-order valence-electron chi connectivity index (χ4n) is 3.32. The molecular formula is C18H20O8P2-4. The van der Waals surface area contributed by atoms with E-state index in [0.717, 1.165) is 24.0 Å². The first kappa shape index (κ1) is 22.6. The van der Waals surface area contributed by atoms with Crippen LogP contribution < -0.4 is 28.6 Å². The number of benzene rings is 2. The molecule has 10 heteroatoms. The lowest BCUT2D eigenvalue weighted by Crippen LogP contribution is -2.18. The van der Waals surface area contributed by atoms with Crippen molar-refractivity contribution >= 4 is 15.6 Å². The molecule has 0 saturated heterocycles. The summed E-state index contributed by atoms with van der Waals surface area (Å²) in [5, 5.41) is 0. The first-order valence-electron chi connectivity index (χ1n) is 8.65. The average molecular weight is 426 g/mol. The molecule has 28 heavy (non-hydrogen) atoms. The smallest absolute Gasteiger partial charge is 0.124 e. The fourth-order valence-corrected chi connectivity index (χ4v) is 4.07. The van der Waals surface area contributed by atoms with Gasteiger partial charge in [0.15, 0.2) is 0 Å². The molecule has 0 N–H and O–H groups in total. The molecule has 0 bridgehead atoms. The van der Waals surface area contributed by atoms with Gasteiger partial charge in [-0.3, -0.25) is 0 Å². The molecule has 0 amide bonds. The van der Waals surface area contributed by atoms with Gasteiger partial charge in [0.25, 0.3) is 0 Å². The Balaban J connectivity index is 2.23. The molecule has 0 aliphatic heterocycles. The Labute approximate surface area is 163 Å². The highest BCUT2D eigenvalue weighted by Gasteiger charge is 2.22. The molecule has 2 atom stereocenters. The van der Waals surface area contributed by atoms with E-state index in [4.69, 9.17) is 0 Å². The molecule has 0 heterocycles. The van der Waals surface area contributed by atoms with Gasteiger partial charge in [-0.25, -0.2) is 0 Å². The summed E-state index contributed by atoms with van der Waals surface area (Å²) in [6.07, 6.45) is 1.57. The van der Waals surface area contributed by atoms with Crippen molar-refractivity contribution in [3.8, 4) is 11.5 Å². The van der Waals surface area contributed by atoms with Crippen LogP contribution in [0.2, 0.25) is 0 Å². The number of phosphoric ester groups is 2. The zero-order valence-electron chi connectivity index (χ0n) is 15.3. The van der Waals surface area contributed by atoms with Crippen molar-refractivity contribution in [2.75, 3.05) is 0 Å². The molecule has 0 aliphatic rings. The van der Waals surface area contributed by atoms with Crippen LogP contribution in [0.5, 0.6) is 11.5 Å². The van der Waals surface area contributed by atoms with Gasteiger partial charge in [-0.2, -0.15) is 0 Å². The fraction of sp³-hybridized carbons (Fsp3) is 0.333. The summed E-state index contributed by atoms with van der Waals surface area (Å²) in [6.45, 7) is 4.04. The average Bonchev–Trinajstić information content (AvgIpc) is 2.59. The molecular weight excluding hydrogens is 406 g/mol. The topological polar surface area (TPSA) is 145 Å². The van der Waals surface area contributed by atoms with Crippen molar-refractivity contribution < 1.29 is 37.8 Å². The molecule has 2 aromatic carbocycles. The predicted octanol–water partition coefficient (Wildman–Crippen LogP) is 1.79. The van der Waals surface area contributed by atoms with Crippen LogP contribution in [-0.2, 0) is 9.13 Å². The molecule has 2 aromatic rings. The van der Waals surface area contributed by atoms with Gasteiger partial charge in [0.05, 0.1) is 0 Å². The van der Waals surface area contributed by atoms with Gasteiger partial charge in [-0.1, -0.05) is 38.1 Å². The Bertz CT molecular complexity index is 781. The SMILES string of the molecule is CC[C@H](c1ccc(OP(=O)([O-])[O-])cc1)[C@@H](CC)c1ccc(OP(=O)([O-])[O-])cc1. The van der Waals surface area contributed by atoms with Crippen LogP contribution in [0.15, 0.2) is 48.5 Å². The molecule has 0 unspecified atom stereocenters. The molecule has 0 aliphatic carbocycles. The maximum absolute atomic E-state index is 10.7. The molecule has 0 saturated carbocycles. The van der Waals surface area contributed by atoms with Crippen LogP contribution in [-0.4, -0.2) is 0 Å². The summed E-state index contributed by atoms with van der Waals surface area (Å²) in [6, 6.07) is 12.6. The zero-order chi connectivity index (χ0) is 20.9. The van der Waals surface area contributed by atoms with Crippen molar-refractivity contribution in [2.45, 2.75) is 38.5 Å². The minimum absolute atomic E-state index is 0.0406. The van der Waals surface area contributed by atoms with Gasteiger partial charge in [-0.15, -0.1) is 0 Å². The Hall–Kier alpha value is -1.66. The standard InChI is InChI=1S/C18H24O8P2/c1-3-17(13-5-9-15(10-6-13)25-27(19,20)21)18(4-2)14-7-11-16(12-8-14)26-28(22,23)24/h5-12,17-18H,3-4H2,1-2H3,(H2,19,20,21)(H2,22,23,24)/p-4/t17-,18+. The summed E-state index contributed by atoms with van der Waals surface area (Å²) in [7, 11) is -10.2. The van der Waals surface area contributed by atoms with Crippen LogP contribution in [0.3, 0.4) is 0 Å².